The lowest BCUT2D eigenvalue weighted by atomic mass is 10.00. The molecule has 0 amide bonds. The molecule has 100 valence electrons. The van der Waals surface area contributed by atoms with Crippen LogP contribution in [0.15, 0.2) is 23.1 Å². The lowest BCUT2D eigenvalue weighted by molar-refractivity contribution is 0.173. The van der Waals surface area contributed by atoms with Gasteiger partial charge in [-0.1, -0.05) is 0 Å². The molecule has 2 atom stereocenters. The van der Waals surface area contributed by atoms with E-state index in [1.165, 1.54) is 6.07 Å². The summed E-state index contributed by atoms with van der Waals surface area (Å²) in [5, 5.41) is 12.9. The van der Waals surface area contributed by atoms with Gasteiger partial charge in [0.2, 0.25) is 0 Å². The van der Waals surface area contributed by atoms with Crippen LogP contribution in [-0.2, 0) is 0 Å². The number of rotatable bonds is 4. The Labute approximate surface area is 110 Å². The van der Waals surface area contributed by atoms with Crippen LogP contribution in [0.3, 0.4) is 0 Å². The van der Waals surface area contributed by atoms with Gasteiger partial charge in [-0.2, -0.15) is 0 Å². The number of hydrogen-bond acceptors (Lipinski definition) is 3. The Bertz CT molecular complexity index is 423. The third-order valence-corrected chi connectivity index (χ3v) is 4.85. The monoisotopic (exact) mass is 273 g/mol. The van der Waals surface area contributed by atoms with E-state index in [1.54, 1.807) is 17.8 Å². The highest BCUT2D eigenvalue weighted by Crippen LogP contribution is 2.40. The molecule has 1 aromatic rings. The van der Waals surface area contributed by atoms with Crippen LogP contribution in [0, 0.1) is 11.6 Å². The maximum absolute atomic E-state index is 13.1. The van der Waals surface area contributed by atoms with Crippen LogP contribution < -0.4 is 5.32 Å². The SMILES string of the molecule is CNC1(CO)CCC(Sc2ccc(F)c(F)c2)C1. The van der Waals surface area contributed by atoms with E-state index in [4.69, 9.17) is 0 Å². The zero-order chi connectivity index (χ0) is 13.2. The van der Waals surface area contributed by atoms with Gasteiger partial charge in [0.1, 0.15) is 0 Å². The molecule has 0 bridgehead atoms. The molecular formula is C13H17F2NOS. The van der Waals surface area contributed by atoms with Crippen molar-refractivity contribution in [2.45, 2.75) is 34.9 Å². The predicted molar refractivity (Wildman–Crippen MR) is 68.7 cm³/mol. The second-order valence-corrected chi connectivity index (χ2v) is 6.12. The Morgan fingerprint density at radius 3 is 2.78 bits per heavy atom. The number of nitrogens with one attached hydrogen (secondary N) is 1. The maximum Gasteiger partial charge on any atom is 0.159 e. The molecule has 1 saturated carbocycles. The minimum atomic E-state index is -0.814. The van der Waals surface area contributed by atoms with Crippen molar-refractivity contribution in [2.75, 3.05) is 13.7 Å². The molecule has 0 saturated heterocycles. The van der Waals surface area contributed by atoms with Gasteiger partial charge in [0.15, 0.2) is 11.6 Å². The van der Waals surface area contributed by atoms with Crippen molar-refractivity contribution in [2.24, 2.45) is 0 Å². The topological polar surface area (TPSA) is 32.3 Å². The first kappa shape index (κ1) is 13.8. The minimum absolute atomic E-state index is 0.109. The van der Waals surface area contributed by atoms with Crippen molar-refractivity contribution in [3.05, 3.63) is 29.8 Å². The first-order chi connectivity index (χ1) is 8.58. The third kappa shape index (κ3) is 2.84. The van der Waals surface area contributed by atoms with E-state index < -0.39 is 11.6 Å². The number of aliphatic hydroxyl groups is 1. The summed E-state index contributed by atoms with van der Waals surface area (Å²) in [6.07, 6.45) is 2.70. The number of likely N-dealkylation sites (N-methyl/N-ethyl adjacent to an activating group) is 1. The molecule has 0 aromatic heterocycles. The average Bonchev–Trinajstić information content (AvgIpc) is 2.78. The number of aliphatic hydroxyl groups excluding tert-OH is 1. The second-order valence-electron chi connectivity index (χ2n) is 4.75. The molecule has 2 unspecified atom stereocenters. The highest BCUT2D eigenvalue weighted by Gasteiger charge is 2.37. The summed E-state index contributed by atoms with van der Waals surface area (Å²) in [5.74, 6) is -1.62. The lowest BCUT2D eigenvalue weighted by Crippen LogP contribution is -2.44. The largest absolute Gasteiger partial charge is 0.394 e. The van der Waals surface area contributed by atoms with Crippen molar-refractivity contribution in [3.8, 4) is 0 Å². The normalized spacial score (nSPS) is 27.7. The van der Waals surface area contributed by atoms with Gasteiger partial charge in [0, 0.05) is 15.7 Å². The number of benzene rings is 1. The van der Waals surface area contributed by atoms with E-state index in [0.29, 0.717) is 5.25 Å². The number of hydrogen-bond donors (Lipinski definition) is 2. The standard InChI is InChI=1S/C13H17F2NOS/c1-16-13(8-17)5-4-10(7-13)18-9-2-3-11(14)12(15)6-9/h2-3,6,10,16-17H,4-5,7-8H2,1H3. The molecule has 1 fully saturated rings. The molecule has 0 radical (unpaired) electrons. The van der Waals surface area contributed by atoms with Gasteiger partial charge in [-0.25, -0.2) is 8.78 Å². The molecular weight excluding hydrogens is 256 g/mol. The van der Waals surface area contributed by atoms with Crippen LogP contribution in [0.2, 0.25) is 0 Å². The summed E-state index contributed by atoms with van der Waals surface area (Å²) < 4.78 is 25.9. The van der Waals surface area contributed by atoms with Crippen LogP contribution in [0.4, 0.5) is 8.78 Å². The summed E-state index contributed by atoms with van der Waals surface area (Å²) in [5.41, 5.74) is -0.212. The van der Waals surface area contributed by atoms with Crippen molar-refractivity contribution in [1.82, 2.24) is 5.32 Å². The minimum Gasteiger partial charge on any atom is -0.394 e. The van der Waals surface area contributed by atoms with Gasteiger partial charge in [-0.05, 0) is 44.5 Å². The van der Waals surface area contributed by atoms with Gasteiger partial charge >= 0.3 is 0 Å². The molecule has 0 heterocycles. The quantitative estimate of drug-likeness (QED) is 0.884. The molecule has 18 heavy (non-hydrogen) atoms. The van der Waals surface area contributed by atoms with Crippen molar-refractivity contribution in [1.29, 1.82) is 0 Å². The zero-order valence-electron chi connectivity index (χ0n) is 10.2. The summed E-state index contributed by atoms with van der Waals surface area (Å²) >= 11 is 1.55. The van der Waals surface area contributed by atoms with Crippen molar-refractivity contribution >= 4 is 11.8 Å². The fourth-order valence-corrected chi connectivity index (χ4v) is 3.71. The molecule has 0 spiro atoms. The zero-order valence-corrected chi connectivity index (χ0v) is 11.1. The van der Waals surface area contributed by atoms with Crippen LogP contribution in [-0.4, -0.2) is 29.5 Å². The van der Waals surface area contributed by atoms with Gasteiger partial charge in [0.05, 0.1) is 6.61 Å². The van der Waals surface area contributed by atoms with Crippen molar-refractivity contribution < 1.29 is 13.9 Å². The van der Waals surface area contributed by atoms with E-state index in [0.717, 1.165) is 30.2 Å². The molecule has 0 aliphatic heterocycles. The second kappa shape index (κ2) is 5.55. The van der Waals surface area contributed by atoms with Crippen molar-refractivity contribution in [3.63, 3.8) is 0 Å². The van der Waals surface area contributed by atoms with Gasteiger partial charge in [-0.3, -0.25) is 0 Å². The molecule has 2 N–H and O–H groups in total. The molecule has 1 aromatic carbocycles. The molecule has 2 nitrogen and oxygen atoms in total. The Morgan fingerprint density at radius 1 is 1.44 bits per heavy atom. The predicted octanol–water partition coefficient (Wildman–Crippen LogP) is 2.56. The molecule has 1 aliphatic carbocycles. The van der Waals surface area contributed by atoms with E-state index in [-0.39, 0.29) is 12.1 Å². The van der Waals surface area contributed by atoms with E-state index >= 15 is 0 Å². The number of thioether (sulfide) groups is 1. The first-order valence-electron chi connectivity index (χ1n) is 6.00. The molecule has 5 heteroatoms. The number of halogens is 2. The highest BCUT2D eigenvalue weighted by atomic mass is 32.2. The summed E-state index contributed by atoms with van der Waals surface area (Å²) in [6, 6.07) is 3.99. The summed E-state index contributed by atoms with van der Waals surface area (Å²) in [6.45, 7) is 0.109. The van der Waals surface area contributed by atoms with Crippen LogP contribution in [0.1, 0.15) is 19.3 Å². The fourth-order valence-electron chi connectivity index (χ4n) is 2.37. The summed E-state index contributed by atoms with van der Waals surface area (Å²) in [4.78, 5) is 0.740. The maximum atomic E-state index is 13.1. The van der Waals surface area contributed by atoms with Gasteiger partial charge in [-0.15, -0.1) is 11.8 Å². The van der Waals surface area contributed by atoms with Gasteiger partial charge < -0.3 is 10.4 Å². The van der Waals surface area contributed by atoms with E-state index in [1.807, 2.05) is 7.05 Å². The van der Waals surface area contributed by atoms with Crippen LogP contribution in [0.5, 0.6) is 0 Å². The third-order valence-electron chi connectivity index (χ3n) is 3.59. The van der Waals surface area contributed by atoms with Crippen LogP contribution in [0.25, 0.3) is 0 Å². The van der Waals surface area contributed by atoms with E-state index in [9.17, 15) is 13.9 Å². The van der Waals surface area contributed by atoms with Crippen LogP contribution >= 0.6 is 11.8 Å². The Hall–Kier alpha value is -0.650. The van der Waals surface area contributed by atoms with Gasteiger partial charge in [0.25, 0.3) is 0 Å². The molecule has 1 aliphatic rings. The highest BCUT2D eigenvalue weighted by molar-refractivity contribution is 8.00. The Kier molecular flexibility index (Phi) is 4.25. The molecule has 2 rings (SSSR count). The smallest absolute Gasteiger partial charge is 0.159 e. The Balaban J connectivity index is 2.01. The fraction of sp³-hybridized carbons (Fsp3) is 0.538. The average molecular weight is 273 g/mol. The Morgan fingerprint density at radius 2 is 2.22 bits per heavy atom. The lowest BCUT2D eigenvalue weighted by Gasteiger charge is -2.26. The first-order valence-corrected chi connectivity index (χ1v) is 6.88. The van der Waals surface area contributed by atoms with E-state index in [2.05, 4.69) is 5.32 Å². The summed E-state index contributed by atoms with van der Waals surface area (Å²) in [7, 11) is 1.85.